The molecule has 0 fully saturated rings. The SMILES string of the molecule is O=COB(OC=O)OC=O.O=C[O][Al]([O]C=O)[O]C=O. The van der Waals surface area contributed by atoms with Gasteiger partial charge in [-0.2, -0.15) is 0 Å². The van der Waals surface area contributed by atoms with Crippen molar-refractivity contribution in [3.05, 3.63) is 0 Å². The van der Waals surface area contributed by atoms with Crippen LogP contribution in [0.15, 0.2) is 0 Å². The summed E-state index contributed by atoms with van der Waals surface area (Å²) in [5, 5.41) is 0. The fraction of sp³-hybridized carbons (Fsp3) is 0. The van der Waals surface area contributed by atoms with Crippen LogP contribution in [0.5, 0.6) is 0 Å². The Morgan fingerprint density at radius 3 is 1.05 bits per heavy atom. The number of hydrogen-bond acceptors (Lipinski definition) is 12. The number of rotatable bonds is 12. The van der Waals surface area contributed by atoms with Gasteiger partial charge in [-0.25, -0.2) is 0 Å². The fourth-order valence-corrected chi connectivity index (χ4v) is 0.929. The Labute approximate surface area is 116 Å². The summed E-state index contributed by atoms with van der Waals surface area (Å²) in [4.78, 5) is 57.4. The monoisotopic (exact) mass is 308 g/mol. The van der Waals surface area contributed by atoms with Gasteiger partial charge < -0.3 is 25.3 Å². The summed E-state index contributed by atoms with van der Waals surface area (Å²) in [7, 11) is -1.58. The quantitative estimate of drug-likeness (QED) is 0.266. The molecule has 12 nitrogen and oxygen atoms in total. The molecule has 0 unspecified atom stereocenters. The summed E-state index contributed by atoms with van der Waals surface area (Å²) in [6, 6.07) is 0. The minimum Gasteiger partial charge on any atom is -0.553 e. The number of hydrogen-bond donors (Lipinski definition) is 0. The third-order valence-corrected chi connectivity index (χ3v) is 2.00. The van der Waals surface area contributed by atoms with Gasteiger partial charge in [0.15, 0.2) is 0 Å². The Morgan fingerprint density at radius 1 is 0.550 bits per heavy atom. The molecule has 0 atom stereocenters. The molecule has 0 aromatic carbocycles. The van der Waals surface area contributed by atoms with Crippen LogP contribution in [0.2, 0.25) is 0 Å². The Morgan fingerprint density at radius 2 is 0.850 bits per heavy atom. The second-order valence-corrected chi connectivity index (χ2v) is 3.37. The molecule has 0 heterocycles. The lowest BCUT2D eigenvalue weighted by Crippen LogP contribution is -2.25. The summed E-state index contributed by atoms with van der Waals surface area (Å²) >= 11 is -2.84. The van der Waals surface area contributed by atoms with Gasteiger partial charge in [0.1, 0.15) is 0 Å². The van der Waals surface area contributed by atoms with Gasteiger partial charge in [0.2, 0.25) is 0 Å². The van der Waals surface area contributed by atoms with Crippen LogP contribution in [-0.2, 0) is 54.1 Å². The molecular weight excluding hydrogens is 302 g/mol. The predicted octanol–water partition coefficient (Wildman–Crippen LogP) is -3.02. The van der Waals surface area contributed by atoms with E-state index in [2.05, 4.69) is 25.3 Å². The first kappa shape index (κ1) is 19.8. The maximum absolute atomic E-state index is 9.59. The Hall–Kier alpha value is -2.58. The average molecular weight is 308 g/mol. The van der Waals surface area contributed by atoms with E-state index in [-0.39, 0.29) is 38.8 Å². The Bertz CT molecular complexity index is 233. The minimum atomic E-state index is -2.84. The molecule has 20 heavy (non-hydrogen) atoms. The van der Waals surface area contributed by atoms with Crippen molar-refractivity contribution in [2.24, 2.45) is 0 Å². The van der Waals surface area contributed by atoms with E-state index in [1.807, 2.05) is 0 Å². The van der Waals surface area contributed by atoms with Crippen molar-refractivity contribution in [3.63, 3.8) is 0 Å². The maximum atomic E-state index is 9.59. The molecule has 0 radical (unpaired) electrons. The van der Waals surface area contributed by atoms with Crippen molar-refractivity contribution in [3.8, 4) is 0 Å². The highest BCUT2D eigenvalue weighted by atomic mass is 27.3. The first-order valence-electron chi connectivity index (χ1n) is 4.24. The van der Waals surface area contributed by atoms with E-state index in [4.69, 9.17) is 0 Å². The van der Waals surface area contributed by atoms with Gasteiger partial charge in [0.25, 0.3) is 38.8 Å². The molecule has 0 aliphatic carbocycles. The zero-order chi connectivity index (χ0) is 15.6. The highest BCUT2D eigenvalue weighted by Crippen LogP contribution is 1.84. The van der Waals surface area contributed by atoms with Gasteiger partial charge in [-0.1, -0.05) is 0 Å². The average Bonchev–Trinajstić information content (AvgIpc) is 2.41. The number of carbonyl (C=O) groups is 6. The molecule has 0 aliphatic rings. The van der Waals surface area contributed by atoms with Gasteiger partial charge >= 0.3 is 22.5 Å². The highest BCUT2D eigenvalue weighted by Gasteiger charge is 2.42. The second kappa shape index (κ2) is 16.4. The molecule has 14 heteroatoms. The predicted molar refractivity (Wildman–Crippen MR) is 54.4 cm³/mol. The molecule has 108 valence electrons. The van der Waals surface area contributed by atoms with Crippen LogP contribution in [0.3, 0.4) is 0 Å². The maximum Gasteiger partial charge on any atom is 1.20 e. The third-order valence-electron chi connectivity index (χ3n) is 1.00. The lowest BCUT2D eigenvalue weighted by Gasteiger charge is -2.01. The lowest BCUT2D eigenvalue weighted by molar-refractivity contribution is -0.134. The van der Waals surface area contributed by atoms with E-state index in [1.54, 1.807) is 0 Å². The molecule has 0 saturated carbocycles. The smallest absolute Gasteiger partial charge is 0.553 e. The molecule has 0 aliphatic heterocycles. The van der Waals surface area contributed by atoms with Gasteiger partial charge in [-0.3, -0.25) is 28.8 Å². The van der Waals surface area contributed by atoms with Crippen molar-refractivity contribution in [2.75, 3.05) is 0 Å². The van der Waals surface area contributed by atoms with Crippen LogP contribution in [0, 0.1) is 0 Å². The third kappa shape index (κ3) is 13.5. The van der Waals surface area contributed by atoms with E-state index in [0.717, 1.165) is 0 Å². The van der Waals surface area contributed by atoms with E-state index >= 15 is 0 Å². The van der Waals surface area contributed by atoms with Crippen LogP contribution in [0.4, 0.5) is 0 Å². The summed E-state index contributed by atoms with van der Waals surface area (Å²) in [5.41, 5.74) is 0. The van der Waals surface area contributed by atoms with Crippen LogP contribution in [0.25, 0.3) is 0 Å². The first-order valence-corrected chi connectivity index (χ1v) is 5.66. The molecule has 0 rings (SSSR count). The van der Waals surface area contributed by atoms with Crippen LogP contribution in [0.1, 0.15) is 0 Å². The van der Waals surface area contributed by atoms with Crippen molar-refractivity contribution in [2.45, 2.75) is 0 Å². The van der Waals surface area contributed by atoms with E-state index in [1.165, 1.54) is 0 Å². The lowest BCUT2D eigenvalue weighted by atomic mass is 10.2. The summed E-state index contributed by atoms with van der Waals surface area (Å²) < 4.78 is 24.0. The minimum absolute atomic E-state index is 0.0162. The van der Waals surface area contributed by atoms with E-state index < -0.39 is 22.5 Å². The fourth-order valence-electron chi connectivity index (χ4n) is 0.465. The molecule has 0 aromatic heterocycles. The molecule has 0 bridgehead atoms. The van der Waals surface area contributed by atoms with E-state index in [9.17, 15) is 28.8 Å². The zero-order valence-corrected chi connectivity index (χ0v) is 10.7. The standard InChI is InChI=1S/C3H3BO6.3CH2O2.Al/c5-1-8-4(9-2-6)10-3-7;3*2-1-3;/h1-3H;3*1H,(H,2,3);/q;;;;+3/p-3. The van der Waals surface area contributed by atoms with Crippen LogP contribution in [-0.4, -0.2) is 61.3 Å². The summed E-state index contributed by atoms with van der Waals surface area (Å²) in [6.45, 7) is 0.0880. The molecule has 0 aromatic rings. The van der Waals surface area contributed by atoms with Crippen LogP contribution >= 0.6 is 0 Å². The van der Waals surface area contributed by atoms with Crippen molar-refractivity contribution in [1.29, 1.82) is 0 Å². The van der Waals surface area contributed by atoms with Gasteiger partial charge in [0.05, 0.1) is 0 Å². The molecule has 0 amide bonds. The first-order chi connectivity index (χ1) is 9.69. The van der Waals surface area contributed by atoms with Crippen molar-refractivity contribution < 1.29 is 54.1 Å². The number of carbonyl (C=O) groups excluding carboxylic acids is 6. The molecular formula is C6H6AlBO12. The molecule has 0 N–H and O–H groups in total. The summed E-state index contributed by atoms with van der Waals surface area (Å²) in [6.07, 6.45) is 0. The Kier molecular flexibility index (Phi) is 16.2. The van der Waals surface area contributed by atoms with Gasteiger partial charge in [-0.15, -0.1) is 0 Å². The molecule has 0 saturated heterocycles. The zero-order valence-electron chi connectivity index (χ0n) is 9.52. The summed E-state index contributed by atoms with van der Waals surface area (Å²) in [5.74, 6) is 0. The normalized spacial score (nSPS) is 7.20. The topological polar surface area (TPSA) is 158 Å². The highest BCUT2D eigenvalue weighted by molar-refractivity contribution is 6.42. The molecule has 0 spiro atoms. The van der Waals surface area contributed by atoms with Crippen molar-refractivity contribution in [1.82, 2.24) is 0 Å². The second-order valence-electron chi connectivity index (χ2n) is 1.97. The van der Waals surface area contributed by atoms with E-state index in [0.29, 0.717) is 0 Å². The largest absolute Gasteiger partial charge is 1.20 e. The van der Waals surface area contributed by atoms with Crippen LogP contribution < -0.4 is 0 Å². The van der Waals surface area contributed by atoms with Gasteiger partial charge in [0, 0.05) is 0 Å². The van der Waals surface area contributed by atoms with Gasteiger partial charge in [-0.05, 0) is 0 Å². The Balaban J connectivity index is 0. The van der Waals surface area contributed by atoms with Crippen molar-refractivity contribution >= 4 is 61.3 Å².